The molecule has 3 nitrogen and oxygen atoms in total. The maximum Gasteiger partial charge on any atom is 0.125 e. The third kappa shape index (κ3) is 4.97. The second-order valence-corrected chi connectivity index (χ2v) is 6.73. The van der Waals surface area contributed by atoms with E-state index in [0.717, 1.165) is 42.9 Å². The van der Waals surface area contributed by atoms with Gasteiger partial charge in [0.15, 0.2) is 0 Å². The van der Waals surface area contributed by atoms with E-state index in [1.165, 1.54) is 11.1 Å². The third-order valence-corrected chi connectivity index (χ3v) is 4.87. The molecular formula is C21H28ClNO2. The number of halogens is 1. The second-order valence-electron chi connectivity index (χ2n) is 6.73. The first kappa shape index (κ1) is 19.8. The molecule has 2 aromatic rings. The number of benzene rings is 2. The molecule has 1 heterocycles. The van der Waals surface area contributed by atoms with Gasteiger partial charge >= 0.3 is 0 Å². The Morgan fingerprint density at radius 3 is 2.28 bits per heavy atom. The zero-order valence-corrected chi connectivity index (χ0v) is 15.9. The summed E-state index contributed by atoms with van der Waals surface area (Å²) < 4.78 is 11.5. The standard InChI is InChI=1S/C21H27NO2.ClH/c1-15-12-19(20(22)18-8-10-23-11-9-18)13-16(2)21(15)24-14-17-6-4-3-5-7-17;/h3-7,12-13,18,20H,8-11,14,22H2,1-2H3;1H/t20-;/m1./s1. The Morgan fingerprint density at radius 1 is 1.08 bits per heavy atom. The summed E-state index contributed by atoms with van der Waals surface area (Å²) in [5.74, 6) is 1.48. The van der Waals surface area contributed by atoms with Gasteiger partial charge in [-0.05, 0) is 54.9 Å². The lowest BCUT2D eigenvalue weighted by Crippen LogP contribution is -2.27. The molecular weight excluding hydrogens is 334 g/mol. The molecule has 0 radical (unpaired) electrons. The van der Waals surface area contributed by atoms with Crippen molar-refractivity contribution in [2.75, 3.05) is 13.2 Å². The molecule has 1 atom stereocenters. The van der Waals surface area contributed by atoms with Crippen LogP contribution in [0.25, 0.3) is 0 Å². The third-order valence-electron chi connectivity index (χ3n) is 4.87. The van der Waals surface area contributed by atoms with Gasteiger partial charge in [-0.25, -0.2) is 0 Å². The van der Waals surface area contributed by atoms with E-state index in [1.54, 1.807) is 0 Å². The lowest BCUT2D eigenvalue weighted by atomic mass is 9.86. The van der Waals surface area contributed by atoms with Crippen LogP contribution in [0.4, 0.5) is 0 Å². The highest BCUT2D eigenvalue weighted by Gasteiger charge is 2.23. The van der Waals surface area contributed by atoms with E-state index in [4.69, 9.17) is 15.2 Å². The van der Waals surface area contributed by atoms with Gasteiger partial charge in [-0.15, -0.1) is 12.4 Å². The first-order valence-corrected chi connectivity index (χ1v) is 8.76. The molecule has 3 rings (SSSR count). The van der Waals surface area contributed by atoms with Crippen molar-refractivity contribution in [2.24, 2.45) is 11.7 Å². The van der Waals surface area contributed by atoms with Crippen LogP contribution < -0.4 is 10.5 Å². The minimum absolute atomic E-state index is 0. The predicted octanol–water partition coefficient (Wildman–Crippen LogP) is 4.73. The monoisotopic (exact) mass is 361 g/mol. The van der Waals surface area contributed by atoms with E-state index < -0.39 is 0 Å². The van der Waals surface area contributed by atoms with Crippen LogP contribution >= 0.6 is 12.4 Å². The fourth-order valence-corrected chi connectivity index (χ4v) is 3.48. The van der Waals surface area contributed by atoms with Crippen LogP contribution in [0.15, 0.2) is 42.5 Å². The van der Waals surface area contributed by atoms with E-state index in [-0.39, 0.29) is 18.4 Å². The van der Waals surface area contributed by atoms with Gasteiger partial charge in [-0.3, -0.25) is 0 Å². The SMILES string of the molecule is Cc1cc([C@H](N)C2CCOCC2)cc(C)c1OCc1ccccc1.Cl. The fourth-order valence-electron chi connectivity index (χ4n) is 3.48. The van der Waals surface area contributed by atoms with Crippen molar-refractivity contribution in [2.45, 2.75) is 39.3 Å². The molecule has 2 aromatic carbocycles. The number of hydrogen-bond acceptors (Lipinski definition) is 3. The van der Waals surface area contributed by atoms with E-state index in [1.807, 2.05) is 18.2 Å². The van der Waals surface area contributed by atoms with Crippen LogP contribution in [-0.2, 0) is 11.3 Å². The van der Waals surface area contributed by atoms with Gasteiger partial charge in [0.2, 0.25) is 0 Å². The summed E-state index contributed by atoms with van der Waals surface area (Å²) in [7, 11) is 0. The Balaban J connectivity index is 0.00000225. The van der Waals surface area contributed by atoms with Gasteiger partial charge in [0, 0.05) is 19.3 Å². The molecule has 0 saturated carbocycles. The van der Waals surface area contributed by atoms with E-state index in [2.05, 4.69) is 38.1 Å². The minimum atomic E-state index is 0. The van der Waals surface area contributed by atoms with Gasteiger partial charge in [0.25, 0.3) is 0 Å². The summed E-state index contributed by atoms with van der Waals surface area (Å²) in [5, 5.41) is 0. The lowest BCUT2D eigenvalue weighted by molar-refractivity contribution is 0.0583. The maximum absolute atomic E-state index is 6.53. The molecule has 0 bridgehead atoms. The van der Waals surface area contributed by atoms with Crippen LogP contribution in [0.1, 0.15) is 41.1 Å². The summed E-state index contributed by atoms with van der Waals surface area (Å²) in [6.45, 7) is 6.46. The molecule has 0 amide bonds. The van der Waals surface area contributed by atoms with Crippen LogP contribution in [0, 0.1) is 19.8 Å². The average molecular weight is 362 g/mol. The number of rotatable bonds is 5. The molecule has 2 N–H and O–H groups in total. The van der Waals surface area contributed by atoms with Gasteiger partial charge in [0.05, 0.1) is 0 Å². The fraction of sp³-hybridized carbons (Fsp3) is 0.429. The molecule has 0 spiro atoms. The minimum Gasteiger partial charge on any atom is -0.488 e. The van der Waals surface area contributed by atoms with Crippen LogP contribution in [-0.4, -0.2) is 13.2 Å². The number of nitrogens with two attached hydrogens (primary N) is 1. The van der Waals surface area contributed by atoms with Gasteiger partial charge in [-0.2, -0.15) is 0 Å². The molecule has 1 saturated heterocycles. The van der Waals surface area contributed by atoms with Gasteiger partial charge < -0.3 is 15.2 Å². The molecule has 136 valence electrons. The van der Waals surface area contributed by atoms with Gasteiger partial charge in [-0.1, -0.05) is 42.5 Å². The highest BCUT2D eigenvalue weighted by molar-refractivity contribution is 5.85. The number of hydrogen-bond donors (Lipinski definition) is 1. The summed E-state index contributed by atoms with van der Waals surface area (Å²) in [4.78, 5) is 0. The largest absolute Gasteiger partial charge is 0.488 e. The quantitative estimate of drug-likeness (QED) is 0.837. The topological polar surface area (TPSA) is 44.5 Å². The first-order valence-electron chi connectivity index (χ1n) is 8.76. The highest BCUT2D eigenvalue weighted by Crippen LogP contribution is 2.33. The Hall–Kier alpha value is -1.55. The zero-order valence-electron chi connectivity index (χ0n) is 15.0. The molecule has 0 unspecified atom stereocenters. The van der Waals surface area contributed by atoms with Crippen molar-refractivity contribution in [3.05, 3.63) is 64.7 Å². The summed E-state index contributed by atoms with van der Waals surface area (Å²) >= 11 is 0. The zero-order chi connectivity index (χ0) is 16.9. The van der Waals surface area contributed by atoms with Crippen LogP contribution in [0.2, 0.25) is 0 Å². The maximum atomic E-state index is 6.53. The van der Waals surface area contributed by atoms with Crippen molar-refractivity contribution in [1.82, 2.24) is 0 Å². The van der Waals surface area contributed by atoms with E-state index in [0.29, 0.717) is 12.5 Å². The first-order chi connectivity index (χ1) is 11.6. The van der Waals surface area contributed by atoms with Crippen molar-refractivity contribution in [1.29, 1.82) is 0 Å². The van der Waals surface area contributed by atoms with E-state index >= 15 is 0 Å². The Morgan fingerprint density at radius 2 is 1.68 bits per heavy atom. The normalized spacial score (nSPS) is 16.1. The number of ether oxygens (including phenoxy) is 2. The number of aryl methyl sites for hydroxylation is 2. The second kappa shape index (κ2) is 9.23. The van der Waals surface area contributed by atoms with Crippen molar-refractivity contribution in [3.63, 3.8) is 0 Å². The van der Waals surface area contributed by atoms with Gasteiger partial charge in [0.1, 0.15) is 12.4 Å². The van der Waals surface area contributed by atoms with Crippen LogP contribution in [0.5, 0.6) is 5.75 Å². The molecule has 25 heavy (non-hydrogen) atoms. The molecule has 1 fully saturated rings. The molecule has 0 aliphatic carbocycles. The smallest absolute Gasteiger partial charge is 0.125 e. The summed E-state index contributed by atoms with van der Waals surface area (Å²) in [6, 6.07) is 14.7. The lowest BCUT2D eigenvalue weighted by Gasteiger charge is -2.28. The predicted molar refractivity (Wildman–Crippen MR) is 104 cm³/mol. The van der Waals surface area contributed by atoms with Crippen LogP contribution in [0.3, 0.4) is 0 Å². The highest BCUT2D eigenvalue weighted by atomic mass is 35.5. The molecule has 0 aromatic heterocycles. The van der Waals surface area contributed by atoms with E-state index in [9.17, 15) is 0 Å². The van der Waals surface area contributed by atoms with Crippen molar-refractivity contribution in [3.8, 4) is 5.75 Å². The average Bonchev–Trinajstić information content (AvgIpc) is 2.62. The molecule has 1 aliphatic heterocycles. The van der Waals surface area contributed by atoms with Crippen molar-refractivity contribution < 1.29 is 9.47 Å². The summed E-state index contributed by atoms with van der Waals surface area (Å²) in [6.07, 6.45) is 2.09. The molecule has 4 heteroatoms. The Kier molecular flexibility index (Phi) is 7.30. The Bertz CT molecular complexity index is 646. The van der Waals surface area contributed by atoms with Crippen molar-refractivity contribution >= 4 is 12.4 Å². The summed E-state index contributed by atoms with van der Waals surface area (Å²) in [5.41, 5.74) is 11.2. The molecule has 1 aliphatic rings. The Labute approximate surface area is 156 Å².